The standard InChI is InChI=1S/C9H9FINO2/c1-2-14-8(13)3-6-4-12-5-7(11)9(6)10/h4-5H,2-3H2,1H3. The first-order valence-corrected chi connectivity index (χ1v) is 5.16. The zero-order valence-electron chi connectivity index (χ0n) is 7.59. The van der Waals surface area contributed by atoms with Crippen molar-refractivity contribution in [1.82, 2.24) is 4.98 Å². The SMILES string of the molecule is CCOC(=O)Cc1cncc(I)c1F. The van der Waals surface area contributed by atoms with E-state index in [1.807, 2.05) is 22.6 Å². The van der Waals surface area contributed by atoms with E-state index < -0.39 is 11.8 Å². The van der Waals surface area contributed by atoms with Gasteiger partial charge in [-0.1, -0.05) is 0 Å². The molecule has 0 unspecified atom stereocenters. The van der Waals surface area contributed by atoms with Crippen molar-refractivity contribution in [3.63, 3.8) is 0 Å². The molecule has 0 aliphatic rings. The molecular formula is C9H9FINO2. The van der Waals surface area contributed by atoms with Gasteiger partial charge in [0.2, 0.25) is 0 Å². The predicted octanol–water partition coefficient (Wildman–Crippen LogP) is 1.93. The van der Waals surface area contributed by atoms with Gasteiger partial charge < -0.3 is 4.74 Å². The number of pyridine rings is 1. The van der Waals surface area contributed by atoms with Crippen LogP contribution in [0.3, 0.4) is 0 Å². The molecule has 1 aromatic rings. The van der Waals surface area contributed by atoms with E-state index >= 15 is 0 Å². The second-order valence-electron chi connectivity index (χ2n) is 2.58. The molecule has 1 aromatic heterocycles. The maximum Gasteiger partial charge on any atom is 0.310 e. The van der Waals surface area contributed by atoms with Crippen LogP contribution in [0.2, 0.25) is 0 Å². The molecule has 3 nitrogen and oxygen atoms in total. The molecule has 0 aliphatic heterocycles. The van der Waals surface area contributed by atoms with E-state index in [0.29, 0.717) is 10.2 Å². The summed E-state index contributed by atoms with van der Waals surface area (Å²) in [5, 5.41) is 0. The molecular weight excluding hydrogens is 300 g/mol. The summed E-state index contributed by atoms with van der Waals surface area (Å²) in [4.78, 5) is 14.9. The fourth-order valence-electron chi connectivity index (χ4n) is 0.950. The predicted molar refractivity (Wildman–Crippen MR) is 57.2 cm³/mol. The Morgan fingerprint density at radius 1 is 1.64 bits per heavy atom. The van der Waals surface area contributed by atoms with Crippen molar-refractivity contribution in [1.29, 1.82) is 0 Å². The lowest BCUT2D eigenvalue weighted by atomic mass is 10.2. The van der Waals surface area contributed by atoms with Gasteiger partial charge in [-0.2, -0.15) is 0 Å². The zero-order valence-corrected chi connectivity index (χ0v) is 9.75. The van der Waals surface area contributed by atoms with Crippen molar-refractivity contribution in [3.05, 3.63) is 27.3 Å². The molecule has 1 rings (SSSR count). The molecule has 0 amide bonds. The van der Waals surface area contributed by atoms with Gasteiger partial charge in [0.25, 0.3) is 0 Å². The largest absolute Gasteiger partial charge is 0.466 e. The molecule has 0 radical (unpaired) electrons. The molecule has 0 N–H and O–H groups in total. The summed E-state index contributed by atoms with van der Waals surface area (Å²) in [7, 11) is 0. The molecule has 14 heavy (non-hydrogen) atoms. The fraction of sp³-hybridized carbons (Fsp3) is 0.333. The number of rotatable bonds is 3. The second kappa shape index (κ2) is 5.23. The van der Waals surface area contributed by atoms with Crippen molar-refractivity contribution in [2.45, 2.75) is 13.3 Å². The minimum atomic E-state index is -0.435. The molecule has 5 heteroatoms. The van der Waals surface area contributed by atoms with Crippen LogP contribution >= 0.6 is 22.6 Å². The van der Waals surface area contributed by atoms with Crippen LogP contribution in [0.5, 0.6) is 0 Å². The number of ether oxygens (including phenoxy) is 1. The highest BCUT2D eigenvalue weighted by molar-refractivity contribution is 14.1. The molecule has 0 saturated carbocycles. The number of carbonyl (C=O) groups excluding carboxylic acids is 1. The molecule has 1 heterocycles. The van der Waals surface area contributed by atoms with Gasteiger partial charge >= 0.3 is 5.97 Å². The monoisotopic (exact) mass is 309 g/mol. The van der Waals surface area contributed by atoms with Crippen molar-refractivity contribution < 1.29 is 13.9 Å². The van der Waals surface area contributed by atoms with Gasteiger partial charge in [-0.05, 0) is 29.5 Å². The van der Waals surface area contributed by atoms with Gasteiger partial charge in [-0.25, -0.2) is 4.39 Å². The average Bonchev–Trinajstić information content (AvgIpc) is 2.13. The Labute approximate surface area is 94.8 Å². The first-order chi connectivity index (χ1) is 6.65. The Hall–Kier alpha value is -0.720. The van der Waals surface area contributed by atoms with E-state index in [0.717, 1.165) is 0 Å². The first kappa shape index (κ1) is 11.4. The summed E-state index contributed by atoms with van der Waals surface area (Å²) in [5.41, 5.74) is 0.273. The Kier molecular flexibility index (Phi) is 4.24. The highest BCUT2D eigenvalue weighted by atomic mass is 127. The smallest absolute Gasteiger partial charge is 0.310 e. The fourth-order valence-corrected chi connectivity index (χ4v) is 1.46. The summed E-state index contributed by atoms with van der Waals surface area (Å²) >= 11 is 1.83. The van der Waals surface area contributed by atoms with Crippen LogP contribution in [0.15, 0.2) is 12.4 Å². The number of esters is 1. The van der Waals surface area contributed by atoms with E-state index in [1.165, 1.54) is 12.4 Å². The number of carbonyl (C=O) groups is 1. The van der Waals surface area contributed by atoms with Gasteiger partial charge in [0, 0.05) is 18.0 Å². The second-order valence-corrected chi connectivity index (χ2v) is 3.74. The third-order valence-electron chi connectivity index (χ3n) is 1.55. The molecule has 0 atom stereocenters. The summed E-state index contributed by atoms with van der Waals surface area (Å²) in [6.45, 7) is 2.01. The minimum absolute atomic E-state index is 0.0660. The van der Waals surface area contributed by atoms with Gasteiger partial charge in [0.15, 0.2) is 0 Å². The maximum atomic E-state index is 13.3. The molecule has 0 aliphatic carbocycles. The highest BCUT2D eigenvalue weighted by Crippen LogP contribution is 2.13. The number of nitrogens with zero attached hydrogens (tertiary/aromatic N) is 1. The van der Waals surface area contributed by atoms with E-state index in [9.17, 15) is 9.18 Å². The van der Waals surface area contributed by atoms with Gasteiger partial charge in [0.05, 0.1) is 16.6 Å². The Morgan fingerprint density at radius 3 is 3.00 bits per heavy atom. The number of hydrogen-bond acceptors (Lipinski definition) is 3. The van der Waals surface area contributed by atoms with E-state index in [-0.39, 0.29) is 12.0 Å². The van der Waals surface area contributed by atoms with Crippen LogP contribution in [0, 0.1) is 9.39 Å². The van der Waals surface area contributed by atoms with Gasteiger partial charge in [0.1, 0.15) is 5.82 Å². The van der Waals surface area contributed by atoms with Crippen LogP contribution in [-0.2, 0) is 16.0 Å². The lowest BCUT2D eigenvalue weighted by molar-refractivity contribution is -0.142. The third-order valence-corrected chi connectivity index (χ3v) is 2.30. The number of halogens is 2. The van der Waals surface area contributed by atoms with E-state index in [4.69, 9.17) is 4.74 Å². The minimum Gasteiger partial charge on any atom is -0.466 e. The highest BCUT2D eigenvalue weighted by Gasteiger charge is 2.11. The number of aromatic nitrogens is 1. The lowest BCUT2D eigenvalue weighted by Crippen LogP contribution is -2.09. The topological polar surface area (TPSA) is 39.2 Å². The van der Waals surface area contributed by atoms with Crippen molar-refractivity contribution in [2.75, 3.05) is 6.61 Å². The molecule has 0 spiro atoms. The maximum absolute atomic E-state index is 13.3. The van der Waals surface area contributed by atoms with Crippen LogP contribution in [0.1, 0.15) is 12.5 Å². The van der Waals surface area contributed by atoms with Crippen molar-refractivity contribution in [3.8, 4) is 0 Å². The van der Waals surface area contributed by atoms with Crippen LogP contribution in [0.4, 0.5) is 4.39 Å². The van der Waals surface area contributed by atoms with Crippen molar-refractivity contribution in [2.24, 2.45) is 0 Å². The molecule has 0 aromatic carbocycles. The molecule has 0 saturated heterocycles. The zero-order chi connectivity index (χ0) is 10.6. The molecule has 76 valence electrons. The summed E-state index contributed by atoms with van der Waals surface area (Å²) in [6.07, 6.45) is 2.68. The molecule has 0 bridgehead atoms. The molecule has 0 fully saturated rings. The van der Waals surface area contributed by atoms with E-state index in [2.05, 4.69) is 4.98 Å². The van der Waals surface area contributed by atoms with Crippen LogP contribution in [-0.4, -0.2) is 17.6 Å². The summed E-state index contributed by atoms with van der Waals surface area (Å²) in [6, 6.07) is 0. The van der Waals surface area contributed by atoms with Crippen molar-refractivity contribution >= 4 is 28.6 Å². The Morgan fingerprint density at radius 2 is 2.36 bits per heavy atom. The first-order valence-electron chi connectivity index (χ1n) is 4.08. The number of hydrogen-bond donors (Lipinski definition) is 0. The van der Waals surface area contributed by atoms with Gasteiger partial charge in [-0.3, -0.25) is 9.78 Å². The Balaban J connectivity index is 2.76. The summed E-state index contributed by atoms with van der Waals surface area (Å²) in [5.74, 6) is -0.830. The van der Waals surface area contributed by atoms with Crippen LogP contribution < -0.4 is 0 Å². The summed E-state index contributed by atoms with van der Waals surface area (Å²) < 4.78 is 18.5. The third kappa shape index (κ3) is 2.90. The average molecular weight is 309 g/mol. The Bertz CT molecular complexity index is 344. The van der Waals surface area contributed by atoms with Gasteiger partial charge in [-0.15, -0.1) is 0 Å². The van der Waals surface area contributed by atoms with E-state index in [1.54, 1.807) is 6.92 Å². The quantitative estimate of drug-likeness (QED) is 0.633. The normalized spacial score (nSPS) is 9.93. The lowest BCUT2D eigenvalue weighted by Gasteiger charge is -2.03. The van der Waals surface area contributed by atoms with Crippen LogP contribution in [0.25, 0.3) is 0 Å².